The second-order valence-electron chi connectivity index (χ2n) is 35.8. The maximum atomic E-state index is 17.3. The van der Waals surface area contributed by atoms with Crippen LogP contribution in [0.5, 0.6) is 46.0 Å². The molecule has 114 heavy (non-hydrogen) atoms. The normalized spacial score (nSPS) is 16.9. The minimum absolute atomic E-state index is 0.00330. The summed E-state index contributed by atoms with van der Waals surface area (Å²) < 4.78 is 31.3. The predicted octanol–water partition coefficient (Wildman–Crippen LogP) is 29.1. The molecule has 4 saturated carbocycles. The van der Waals surface area contributed by atoms with Gasteiger partial charge in [-0.05, 0) is 192 Å². The van der Waals surface area contributed by atoms with Gasteiger partial charge in [0, 0.05) is 43.1 Å². The molecule has 0 spiro atoms. The van der Waals surface area contributed by atoms with Gasteiger partial charge in [-0.1, -0.05) is 293 Å². The summed E-state index contributed by atoms with van der Waals surface area (Å²) in [4.78, 5) is 72.4. The molecule has 4 aliphatic carbocycles. The second kappa shape index (κ2) is 33.2. The van der Waals surface area contributed by atoms with Gasteiger partial charge in [0.15, 0.2) is 0 Å². The molecule has 0 aromatic heterocycles. The van der Waals surface area contributed by atoms with Gasteiger partial charge < -0.3 is 18.9 Å². The molecule has 0 N–H and O–H groups in total. The van der Waals surface area contributed by atoms with E-state index >= 15 is 19.2 Å². The highest BCUT2D eigenvalue weighted by Crippen LogP contribution is 2.60. The zero-order chi connectivity index (χ0) is 78.4. The predicted molar refractivity (Wildman–Crippen MR) is 465 cm³/mol. The first kappa shape index (κ1) is 76.8. The third-order valence-electron chi connectivity index (χ3n) is 27.0. The van der Waals surface area contributed by atoms with Gasteiger partial charge in [-0.15, -0.1) is 0 Å². The third-order valence-corrected chi connectivity index (χ3v) is 27.0. The topological polar surface area (TPSA) is 112 Å². The summed E-state index contributed by atoms with van der Waals surface area (Å²) in [5.74, 6) is 4.12. The molecule has 2 heterocycles. The standard InChI is InChI=1S/C104H114N2O8/c1-63(2)75-43-21-25-47-83(75)111-87-59-79-91-80(102(108)105(101(79)107)99-71(55-51-67-31-13-9-14-32-67)39-29-40-72(99)56-52-68-33-15-10-16-34-68)61-89(113-85-49-27-23-45-77(85)65(5)6)95-96-90(114-86-50-28-24-46-78(86)66(7)8)62-82-92-81(60-88(94(98(92)96)93(87)97(91)95)112-84-48-26-22-44-76(84)64(3)4)103(109)106(104(82)110)100-73(57-53-69-35-17-11-18-36-69)41-30-42-74(100)58-54-70-37-19-12-20-38-70/h21-30,39-50,59-70H,9-20,31-38,51-58H2,1-8H3. The van der Waals surface area contributed by atoms with E-state index in [1.54, 1.807) is 9.80 Å². The zero-order valence-electron chi connectivity index (χ0n) is 68.6. The van der Waals surface area contributed by atoms with Gasteiger partial charge >= 0.3 is 0 Å². The Labute approximate surface area is 675 Å². The summed E-state index contributed by atoms with van der Waals surface area (Å²) >= 11 is 0. The van der Waals surface area contributed by atoms with Crippen molar-refractivity contribution in [3.05, 3.63) is 224 Å². The number of para-hydroxylation sites is 6. The Morgan fingerprint density at radius 1 is 0.263 bits per heavy atom. The summed E-state index contributed by atoms with van der Waals surface area (Å²) in [6.45, 7) is 17.3. The maximum absolute atomic E-state index is 17.3. The van der Waals surface area contributed by atoms with Crippen LogP contribution in [0.2, 0.25) is 0 Å². The van der Waals surface area contributed by atoms with Gasteiger partial charge in [-0.2, -0.15) is 0 Å². The van der Waals surface area contributed by atoms with E-state index in [0.29, 0.717) is 146 Å². The fourth-order valence-corrected chi connectivity index (χ4v) is 20.9. The van der Waals surface area contributed by atoms with Gasteiger partial charge in [-0.3, -0.25) is 19.2 Å². The van der Waals surface area contributed by atoms with Crippen LogP contribution in [-0.2, 0) is 25.7 Å². The van der Waals surface area contributed by atoms with Crippen LogP contribution in [-0.4, -0.2) is 23.6 Å². The number of benzene rings is 11. The summed E-state index contributed by atoms with van der Waals surface area (Å²) in [6, 6.07) is 53.0. The molecule has 0 atom stereocenters. The van der Waals surface area contributed by atoms with Gasteiger partial charge in [0.05, 0.1) is 33.6 Å². The molecule has 11 aromatic carbocycles. The van der Waals surface area contributed by atoms with E-state index in [-0.39, 0.29) is 23.7 Å². The van der Waals surface area contributed by atoms with Gasteiger partial charge in [-0.25, -0.2) is 9.80 Å². The van der Waals surface area contributed by atoms with Crippen LogP contribution in [0, 0.1) is 23.7 Å². The van der Waals surface area contributed by atoms with E-state index in [4.69, 9.17) is 18.9 Å². The molecule has 10 heteroatoms. The molecule has 10 nitrogen and oxygen atoms in total. The maximum Gasteiger partial charge on any atom is 0.266 e. The molecule has 4 fully saturated rings. The molecule has 17 rings (SSSR count). The molecule has 4 amide bonds. The Bertz CT molecular complexity index is 4810. The van der Waals surface area contributed by atoms with Crippen LogP contribution < -0.4 is 28.7 Å². The largest absolute Gasteiger partial charge is 0.456 e. The van der Waals surface area contributed by atoms with E-state index < -0.39 is 23.6 Å². The number of imide groups is 2. The third kappa shape index (κ3) is 14.8. The molecular weight excluding hydrogens is 1410 g/mol. The number of hydrogen-bond donors (Lipinski definition) is 0. The fraction of sp³-hybridized carbons (Fsp3) is 0.423. The molecule has 0 bridgehead atoms. The van der Waals surface area contributed by atoms with Crippen LogP contribution in [0.1, 0.15) is 319 Å². The average Bonchev–Trinajstić information content (AvgIpc) is 0.669. The number of fused-ring (bicyclic) bond motifs is 2. The highest BCUT2D eigenvalue weighted by Gasteiger charge is 2.45. The van der Waals surface area contributed by atoms with Crippen LogP contribution >= 0.6 is 0 Å². The van der Waals surface area contributed by atoms with E-state index in [9.17, 15) is 0 Å². The number of rotatable bonds is 26. The first-order valence-electron chi connectivity index (χ1n) is 44.0. The van der Waals surface area contributed by atoms with Crippen molar-refractivity contribution in [2.45, 2.75) is 259 Å². The Balaban J connectivity index is 1.01. The zero-order valence-corrected chi connectivity index (χ0v) is 68.6. The lowest BCUT2D eigenvalue weighted by molar-refractivity contribution is 0.0877. The molecule has 2 aliphatic heterocycles. The lowest BCUT2D eigenvalue weighted by Crippen LogP contribution is -2.42. The van der Waals surface area contributed by atoms with Crippen LogP contribution in [0.3, 0.4) is 0 Å². The number of hydrogen-bond acceptors (Lipinski definition) is 8. The Hall–Kier alpha value is -9.80. The van der Waals surface area contributed by atoms with E-state index in [1.165, 1.54) is 128 Å². The molecule has 588 valence electrons. The summed E-state index contributed by atoms with van der Waals surface area (Å²) in [5, 5.41) is 3.99. The van der Waals surface area contributed by atoms with Crippen molar-refractivity contribution in [1.82, 2.24) is 0 Å². The SMILES string of the molecule is CC(C)c1ccccc1Oc1cc2c3c(cc(Oc4ccccc4C(C)C)c4c5c(Oc6ccccc6C(C)C)cc6c7c(cc(Oc8ccccc8C(C)C)c(c1c34)c75)C(=O)N(c1c(CCC3CCCCC3)cccc1CCC1CCCCC1)C6=O)C(=O)N(c1c(CCC3CCCCC3)cccc1CCC1CCCCC1)C2=O. The van der Waals surface area contributed by atoms with Crippen molar-refractivity contribution in [1.29, 1.82) is 0 Å². The number of anilines is 2. The lowest BCUT2D eigenvalue weighted by atomic mass is 9.80. The van der Waals surface area contributed by atoms with E-state index in [1.807, 2.05) is 97.1 Å². The number of aryl methyl sites for hydroxylation is 4. The lowest BCUT2D eigenvalue weighted by Gasteiger charge is -2.35. The smallest absolute Gasteiger partial charge is 0.266 e. The minimum Gasteiger partial charge on any atom is -0.456 e. The molecule has 0 saturated heterocycles. The van der Waals surface area contributed by atoms with Crippen molar-refractivity contribution in [3.63, 3.8) is 0 Å². The van der Waals surface area contributed by atoms with Crippen molar-refractivity contribution in [3.8, 4) is 46.0 Å². The molecule has 11 aromatic rings. The van der Waals surface area contributed by atoms with E-state index in [0.717, 1.165) is 95.9 Å². The Morgan fingerprint density at radius 3 is 0.702 bits per heavy atom. The molecule has 0 unspecified atom stereocenters. The van der Waals surface area contributed by atoms with Gasteiger partial charge in [0.1, 0.15) is 46.0 Å². The summed E-state index contributed by atoms with van der Waals surface area (Å²) in [5.41, 5.74) is 10.4. The highest BCUT2D eigenvalue weighted by atomic mass is 16.5. The second-order valence-corrected chi connectivity index (χ2v) is 35.8. The van der Waals surface area contributed by atoms with Gasteiger partial charge in [0.25, 0.3) is 23.6 Å². The Morgan fingerprint density at radius 2 is 0.482 bits per heavy atom. The van der Waals surface area contributed by atoms with Crippen molar-refractivity contribution < 1.29 is 38.1 Å². The van der Waals surface area contributed by atoms with Gasteiger partial charge in [0.2, 0.25) is 0 Å². The number of carbonyl (C=O) groups excluding carboxylic acids is 4. The quantitative estimate of drug-likeness (QED) is 0.0299. The summed E-state index contributed by atoms with van der Waals surface area (Å²) in [7, 11) is 0. The fourth-order valence-electron chi connectivity index (χ4n) is 20.9. The van der Waals surface area contributed by atoms with Crippen LogP contribution in [0.25, 0.3) is 43.1 Å². The minimum atomic E-state index is -0.441. The van der Waals surface area contributed by atoms with Crippen molar-refractivity contribution in [2.24, 2.45) is 23.7 Å². The van der Waals surface area contributed by atoms with Crippen molar-refractivity contribution in [2.75, 3.05) is 9.80 Å². The van der Waals surface area contributed by atoms with Crippen LogP contribution in [0.15, 0.2) is 158 Å². The van der Waals surface area contributed by atoms with Crippen molar-refractivity contribution >= 4 is 78.1 Å². The Kier molecular flexibility index (Phi) is 22.4. The first-order valence-corrected chi connectivity index (χ1v) is 44.0. The van der Waals surface area contributed by atoms with Crippen LogP contribution in [0.4, 0.5) is 11.4 Å². The highest BCUT2D eigenvalue weighted by molar-refractivity contribution is 6.48. The first-order chi connectivity index (χ1) is 55.6. The molecule has 0 radical (unpaired) electrons. The number of amides is 4. The number of nitrogens with zero attached hydrogens (tertiary/aromatic N) is 2. The summed E-state index contributed by atoms with van der Waals surface area (Å²) in [6.07, 6.45) is 30.9. The van der Waals surface area contributed by atoms with E-state index in [2.05, 4.69) is 116 Å². The molecule has 6 aliphatic rings. The monoisotopic (exact) mass is 1520 g/mol. The molecular formula is C104H114N2O8. The number of carbonyl (C=O) groups is 4. The average molecular weight is 1520 g/mol. The number of ether oxygens (including phenoxy) is 4.